The second kappa shape index (κ2) is 11.3. The Morgan fingerprint density at radius 3 is 2.46 bits per heavy atom. The number of nitrogens with two attached hydrogens (primary N) is 1. The predicted molar refractivity (Wildman–Crippen MR) is 106 cm³/mol. The van der Waals surface area contributed by atoms with Crippen LogP contribution in [0.3, 0.4) is 0 Å². The number of nitrogens with one attached hydrogen (secondary N) is 2. The second-order valence-corrected chi connectivity index (χ2v) is 7.54. The Morgan fingerprint density at radius 2 is 1.82 bits per heavy atom. The Balaban J connectivity index is 1.74. The van der Waals surface area contributed by atoms with E-state index in [0.29, 0.717) is 19.4 Å². The van der Waals surface area contributed by atoms with Gasteiger partial charge in [-0.3, -0.25) is 14.4 Å². The number of rotatable bonds is 11. The fraction of sp³-hybridized carbons (Fsp3) is 0.571. The first-order valence-corrected chi connectivity index (χ1v) is 10.1. The molecule has 7 heteroatoms. The first-order valence-electron chi connectivity index (χ1n) is 10.1. The van der Waals surface area contributed by atoms with Crippen LogP contribution in [0.2, 0.25) is 0 Å². The van der Waals surface area contributed by atoms with E-state index in [2.05, 4.69) is 10.6 Å². The Hall–Kier alpha value is -2.57. The number of hydrogen-bond acceptors (Lipinski definition) is 4. The summed E-state index contributed by atoms with van der Waals surface area (Å²) in [6.07, 6.45) is 7.58. The van der Waals surface area contributed by atoms with E-state index in [-0.39, 0.29) is 18.1 Å². The van der Waals surface area contributed by atoms with Crippen molar-refractivity contribution in [1.82, 2.24) is 10.6 Å². The highest BCUT2D eigenvalue weighted by Gasteiger charge is 2.23. The van der Waals surface area contributed by atoms with Gasteiger partial charge in [0.15, 0.2) is 0 Å². The minimum atomic E-state index is -0.948. The first-order chi connectivity index (χ1) is 13.4. The van der Waals surface area contributed by atoms with Crippen molar-refractivity contribution in [2.75, 3.05) is 6.54 Å². The molecule has 154 valence electrons. The topological polar surface area (TPSA) is 122 Å². The summed E-state index contributed by atoms with van der Waals surface area (Å²) in [5.41, 5.74) is 6.19. The van der Waals surface area contributed by atoms with E-state index < -0.39 is 17.9 Å². The number of phenols is 1. The molecule has 0 radical (unpaired) electrons. The smallest absolute Gasteiger partial charge is 0.243 e. The molecule has 1 aliphatic rings. The van der Waals surface area contributed by atoms with Gasteiger partial charge in [-0.1, -0.05) is 37.8 Å². The molecule has 1 aromatic carbocycles. The standard InChI is InChI=1S/C21H31N3O4/c22-19(26)14-18(24-20(27)7-3-6-15-4-1-2-5-15)21(28)23-13-12-16-8-10-17(25)11-9-16/h8-11,15,18,25H,1-7,12-14H2,(H2,22,26)(H,23,28)(H,24,27)/t18-/m1/s1. The van der Waals surface area contributed by atoms with E-state index in [1.54, 1.807) is 24.3 Å². The molecule has 1 fully saturated rings. The van der Waals surface area contributed by atoms with Crippen LogP contribution < -0.4 is 16.4 Å². The molecule has 1 aliphatic carbocycles. The first kappa shape index (κ1) is 21.7. The van der Waals surface area contributed by atoms with Crippen molar-refractivity contribution in [3.05, 3.63) is 29.8 Å². The summed E-state index contributed by atoms with van der Waals surface area (Å²) in [5.74, 6) is -0.369. The van der Waals surface area contributed by atoms with Crippen LogP contribution in [0.4, 0.5) is 0 Å². The molecule has 7 nitrogen and oxygen atoms in total. The van der Waals surface area contributed by atoms with Gasteiger partial charge in [0.25, 0.3) is 0 Å². The largest absolute Gasteiger partial charge is 0.508 e. The van der Waals surface area contributed by atoms with Crippen LogP contribution in [0.5, 0.6) is 5.75 Å². The summed E-state index contributed by atoms with van der Waals surface area (Å²) in [6.45, 7) is 0.358. The highest BCUT2D eigenvalue weighted by Crippen LogP contribution is 2.28. The number of amides is 3. The molecule has 1 atom stereocenters. The summed E-state index contributed by atoms with van der Waals surface area (Å²) in [6, 6.07) is 5.76. The Bertz CT molecular complexity index is 654. The van der Waals surface area contributed by atoms with Crippen LogP contribution in [0.25, 0.3) is 0 Å². The van der Waals surface area contributed by atoms with Gasteiger partial charge in [0.05, 0.1) is 6.42 Å². The van der Waals surface area contributed by atoms with Gasteiger partial charge in [0.1, 0.15) is 11.8 Å². The number of carbonyl (C=O) groups is 3. The lowest BCUT2D eigenvalue weighted by molar-refractivity contribution is -0.131. The number of hydrogen-bond donors (Lipinski definition) is 4. The zero-order valence-electron chi connectivity index (χ0n) is 16.3. The fourth-order valence-corrected chi connectivity index (χ4v) is 3.64. The highest BCUT2D eigenvalue weighted by atomic mass is 16.3. The van der Waals surface area contributed by atoms with Crippen molar-refractivity contribution >= 4 is 17.7 Å². The van der Waals surface area contributed by atoms with Crippen LogP contribution >= 0.6 is 0 Å². The minimum Gasteiger partial charge on any atom is -0.508 e. The average molecular weight is 389 g/mol. The van der Waals surface area contributed by atoms with Crippen molar-refractivity contribution in [3.63, 3.8) is 0 Å². The van der Waals surface area contributed by atoms with Crippen LogP contribution in [-0.4, -0.2) is 35.4 Å². The number of phenolic OH excluding ortho intramolecular Hbond substituents is 1. The molecule has 0 aliphatic heterocycles. The molecule has 0 unspecified atom stereocenters. The fourth-order valence-electron chi connectivity index (χ4n) is 3.64. The lowest BCUT2D eigenvalue weighted by Gasteiger charge is -2.17. The molecule has 1 aromatic rings. The van der Waals surface area contributed by atoms with Gasteiger partial charge in [-0.05, 0) is 42.9 Å². The number of aromatic hydroxyl groups is 1. The van der Waals surface area contributed by atoms with Gasteiger partial charge in [-0.15, -0.1) is 0 Å². The van der Waals surface area contributed by atoms with Crippen molar-refractivity contribution in [2.45, 2.75) is 63.8 Å². The molecule has 0 aromatic heterocycles. The van der Waals surface area contributed by atoms with Gasteiger partial charge in [0, 0.05) is 13.0 Å². The molecule has 0 saturated heterocycles. The van der Waals surface area contributed by atoms with Crippen molar-refractivity contribution in [3.8, 4) is 5.75 Å². The van der Waals surface area contributed by atoms with Crippen molar-refractivity contribution in [1.29, 1.82) is 0 Å². The Morgan fingerprint density at radius 1 is 1.14 bits per heavy atom. The molecule has 1 saturated carbocycles. The molecular weight excluding hydrogens is 358 g/mol. The maximum absolute atomic E-state index is 12.4. The van der Waals surface area contributed by atoms with E-state index in [9.17, 15) is 19.5 Å². The predicted octanol–water partition coefficient (Wildman–Crippen LogP) is 1.77. The van der Waals surface area contributed by atoms with Crippen molar-refractivity contribution < 1.29 is 19.5 Å². The third kappa shape index (κ3) is 7.98. The van der Waals surface area contributed by atoms with Gasteiger partial charge >= 0.3 is 0 Å². The summed E-state index contributed by atoms with van der Waals surface area (Å²) in [4.78, 5) is 35.8. The number of primary amides is 1. The van der Waals surface area contributed by atoms with E-state index >= 15 is 0 Å². The van der Waals surface area contributed by atoms with Gasteiger partial charge < -0.3 is 21.5 Å². The van der Waals surface area contributed by atoms with E-state index in [4.69, 9.17) is 5.73 Å². The molecule has 0 spiro atoms. The SMILES string of the molecule is NC(=O)C[C@@H](NC(=O)CCCC1CCCC1)C(=O)NCCc1ccc(O)cc1. The van der Waals surface area contributed by atoms with Gasteiger partial charge in [-0.2, -0.15) is 0 Å². The van der Waals surface area contributed by atoms with E-state index in [1.807, 2.05) is 0 Å². The normalized spacial score (nSPS) is 15.1. The molecule has 0 bridgehead atoms. The summed E-state index contributed by atoms with van der Waals surface area (Å²) < 4.78 is 0. The lowest BCUT2D eigenvalue weighted by Crippen LogP contribution is -2.49. The zero-order valence-corrected chi connectivity index (χ0v) is 16.3. The Labute approximate surface area is 166 Å². The lowest BCUT2D eigenvalue weighted by atomic mass is 10.0. The summed E-state index contributed by atoms with van der Waals surface area (Å²) in [7, 11) is 0. The quantitative estimate of drug-likeness (QED) is 0.461. The highest BCUT2D eigenvalue weighted by molar-refractivity contribution is 5.91. The summed E-state index contributed by atoms with van der Waals surface area (Å²) in [5, 5.41) is 14.7. The third-order valence-corrected chi connectivity index (χ3v) is 5.20. The van der Waals surface area contributed by atoms with E-state index in [1.165, 1.54) is 25.7 Å². The van der Waals surface area contributed by atoms with E-state index in [0.717, 1.165) is 24.3 Å². The van der Waals surface area contributed by atoms with Gasteiger partial charge in [0.2, 0.25) is 17.7 Å². The maximum atomic E-state index is 12.4. The molecular formula is C21H31N3O4. The molecule has 0 heterocycles. The van der Waals surface area contributed by atoms with Crippen LogP contribution in [0.15, 0.2) is 24.3 Å². The average Bonchev–Trinajstić information content (AvgIpc) is 3.16. The van der Waals surface area contributed by atoms with Crippen LogP contribution in [-0.2, 0) is 20.8 Å². The third-order valence-electron chi connectivity index (χ3n) is 5.20. The minimum absolute atomic E-state index is 0.185. The molecule has 5 N–H and O–H groups in total. The number of carbonyl (C=O) groups excluding carboxylic acids is 3. The second-order valence-electron chi connectivity index (χ2n) is 7.54. The molecule has 2 rings (SSSR count). The maximum Gasteiger partial charge on any atom is 0.243 e. The monoisotopic (exact) mass is 389 g/mol. The zero-order chi connectivity index (χ0) is 20.4. The van der Waals surface area contributed by atoms with Crippen LogP contribution in [0, 0.1) is 5.92 Å². The van der Waals surface area contributed by atoms with Crippen LogP contribution in [0.1, 0.15) is 56.9 Å². The Kier molecular flexibility index (Phi) is 8.78. The van der Waals surface area contributed by atoms with Crippen molar-refractivity contribution in [2.24, 2.45) is 11.7 Å². The van der Waals surface area contributed by atoms with Gasteiger partial charge in [-0.25, -0.2) is 0 Å². The summed E-state index contributed by atoms with van der Waals surface area (Å²) >= 11 is 0. The number of benzene rings is 1. The molecule has 3 amide bonds. The molecule has 28 heavy (non-hydrogen) atoms.